The second-order valence-corrected chi connectivity index (χ2v) is 3.95. The summed E-state index contributed by atoms with van der Waals surface area (Å²) in [4.78, 5) is 1.27. The molecule has 6 heteroatoms. The van der Waals surface area contributed by atoms with E-state index in [1.54, 1.807) is 30.3 Å². The van der Waals surface area contributed by atoms with E-state index in [0.717, 1.165) is 0 Å². The van der Waals surface area contributed by atoms with Crippen molar-refractivity contribution in [2.45, 2.75) is 18.6 Å². The minimum atomic E-state index is -2.55. The van der Waals surface area contributed by atoms with E-state index in [2.05, 4.69) is 0 Å². The summed E-state index contributed by atoms with van der Waals surface area (Å²) in [6, 6.07) is 8.43. The Labute approximate surface area is 104 Å². The maximum absolute atomic E-state index is 12.5. The number of aliphatic hydroxyl groups is 3. The standard InChI is InChI=1S/C12H17F2NO3/c13-12(14)7-15(6-10(17)11(18)8-16)9-4-2-1-3-5-9/h1-5,10-12,16-18H,6-8H2. The zero-order valence-electron chi connectivity index (χ0n) is 9.78. The Morgan fingerprint density at radius 2 is 1.61 bits per heavy atom. The van der Waals surface area contributed by atoms with E-state index in [1.165, 1.54) is 4.90 Å². The lowest BCUT2D eigenvalue weighted by atomic mass is 10.2. The summed E-state index contributed by atoms with van der Waals surface area (Å²) >= 11 is 0. The van der Waals surface area contributed by atoms with Crippen molar-refractivity contribution < 1.29 is 24.1 Å². The highest BCUT2D eigenvalue weighted by Gasteiger charge is 2.21. The van der Waals surface area contributed by atoms with Crippen LogP contribution in [0.25, 0.3) is 0 Å². The fourth-order valence-electron chi connectivity index (χ4n) is 1.56. The Morgan fingerprint density at radius 3 is 2.11 bits per heavy atom. The Morgan fingerprint density at radius 1 is 1.00 bits per heavy atom. The van der Waals surface area contributed by atoms with Gasteiger partial charge in [0.05, 0.1) is 19.3 Å². The van der Waals surface area contributed by atoms with E-state index in [-0.39, 0.29) is 6.54 Å². The van der Waals surface area contributed by atoms with Crippen LogP contribution in [0.15, 0.2) is 30.3 Å². The third-order valence-electron chi connectivity index (χ3n) is 2.52. The van der Waals surface area contributed by atoms with Crippen LogP contribution in [0.3, 0.4) is 0 Å². The fourth-order valence-corrected chi connectivity index (χ4v) is 1.56. The number of nitrogens with zero attached hydrogens (tertiary/aromatic N) is 1. The summed E-state index contributed by atoms with van der Waals surface area (Å²) in [6.45, 7) is -1.33. The molecule has 0 aromatic heterocycles. The second-order valence-electron chi connectivity index (χ2n) is 3.95. The number of hydrogen-bond donors (Lipinski definition) is 3. The van der Waals surface area contributed by atoms with Crippen LogP contribution in [-0.2, 0) is 0 Å². The average molecular weight is 261 g/mol. The van der Waals surface area contributed by atoms with Crippen LogP contribution in [0.5, 0.6) is 0 Å². The molecule has 102 valence electrons. The summed E-state index contributed by atoms with van der Waals surface area (Å²) in [5, 5.41) is 27.5. The molecule has 0 heterocycles. The summed E-state index contributed by atoms with van der Waals surface area (Å²) in [5.74, 6) is 0. The molecule has 0 bridgehead atoms. The second kappa shape index (κ2) is 7.25. The van der Waals surface area contributed by atoms with Crippen molar-refractivity contribution in [3.05, 3.63) is 30.3 Å². The number of aliphatic hydroxyl groups excluding tert-OH is 3. The van der Waals surface area contributed by atoms with Crippen molar-refractivity contribution in [1.29, 1.82) is 0 Å². The zero-order valence-corrected chi connectivity index (χ0v) is 9.78. The third kappa shape index (κ3) is 4.56. The summed E-state index contributed by atoms with van der Waals surface area (Å²) in [6.07, 6.45) is -5.17. The normalized spacial score (nSPS) is 14.6. The number of alkyl halides is 2. The van der Waals surface area contributed by atoms with E-state index < -0.39 is 31.8 Å². The number of halogens is 2. The lowest BCUT2D eigenvalue weighted by Crippen LogP contribution is -2.42. The number of hydrogen-bond acceptors (Lipinski definition) is 4. The maximum Gasteiger partial charge on any atom is 0.255 e. The van der Waals surface area contributed by atoms with Gasteiger partial charge in [0, 0.05) is 12.2 Å². The SMILES string of the molecule is OCC(O)C(O)CN(CC(F)F)c1ccccc1. The molecule has 2 atom stereocenters. The molecule has 0 aliphatic rings. The van der Waals surface area contributed by atoms with E-state index >= 15 is 0 Å². The van der Waals surface area contributed by atoms with Crippen molar-refractivity contribution in [3.8, 4) is 0 Å². The van der Waals surface area contributed by atoms with Gasteiger partial charge in [0.15, 0.2) is 0 Å². The summed E-state index contributed by atoms with van der Waals surface area (Å²) < 4.78 is 24.9. The van der Waals surface area contributed by atoms with Crippen molar-refractivity contribution >= 4 is 5.69 Å². The molecule has 0 aliphatic carbocycles. The van der Waals surface area contributed by atoms with Gasteiger partial charge in [-0.05, 0) is 12.1 Å². The van der Waals surface area contributed by atoms with Gasteiger partial charge in [0.1, 0.15) is 6.10 Å². The largest absolute Gasteiger partial charge is 0.394 e. The lowest BCUT2D eigenvalue weighted by Gasteiger charge is -2.28. The van der Waals surface area contributed by atoms with Crippen LogP contribution in [-0.4, -0.2) is 53.6 Å². The first-order chi connectivity index (χ1) is 8.54. The molecule has 0 saturated heterocycles. The predicted octanol–water partition coefficient (Wildman–Crippen LogP) is 0.472. The van der Waals surface area contributed by atoms with E-state index in [9.17, 15) is 19.0 Å². The molecule has 0 aliphatic heterocycles. The van der Waals surface area contributed by atoms with Crippen molar-refractivity contribution in [2.24, 2.45) is 0 Å². The molecule has 4 nitrogen and oxygen atoms in total. The highest BCUT2D eigenvalue weighted by Crippen LogP contribution is 2.16. The first kappa shape index (κ1) is 14.8. The van der Waals surface area contributed by atoms with Gasteiger partial charge in [0.25, 0.3) is 6.43 Å². The smallest absolute Gasteiger partial charge is 0.255 e. The minimum Gasteiger partial charge on any atom is -0.394 e. The Bertz CT molecular complexity index is 337. The maximum atomic E-state index is 12.5. The molecule has 0 radical (unpaired) electrons. The van der Waals surface area contributed by atoms with Crippen molar-refractivity contribution in [2.75, 3.05) is 24.6 Å². The Balaban J connectivity index is 2.73. The molecule has 1 aromatic carbocycles. The van der Waals surface area contributed by atoms with Crippen LogP contribution >= 0.6 is 0 Å². The number of para-hydroxylation sites is 1. The molecule has 2 unspecified atom stereocenters. The van der Waals surface area contributed by atoms with Crippen LogP contribution in [0.1, 0.15) is 0 Å². The number of anilines is 1. The van der Waals surface area contributed by atoms with E-state index in [1.807, 2.05) is 0 Å². The molecule has 0 fully saturated rings. The number of benzene rings is 1. The molecule has 0 saturated carbocycles. The topological polar surface area (TPSA) is 63.9 Å². The highest BCUT2D eigenvalue weighted by molar-refractivity contribution is 5.46. The zero-order chi connectivity index (χ0) is 13.5. The Kier molecular flexibility index (Phi) is 5.97. The molecular formula is C12H17F2NO3. The molecule has 0 spiro atoms. The molecule has 0 amide bonds. The van der Waals surface area contributed by atoms with Crippen LogP contribution in [0.4, 0.5) is 14.5 Å². The monoisotopic (exact) mass is 261 g/mol. The van der Waals surface area contributed by atoms with Crippen molar-refractivity contribution in [3.63, 3.8) is 0 Å². The minimum absolute atomic E-state index is 0.171. The first-order valence-corrected chi connectivity index (χ1v) is 5.59. The lowest BCUT2D eigenvalue weighted by molar-refractivity contribution is -0.0107. The first-order valence-electron chi connectivity index (χ1n) is 5.59. The average Bonchev–Trinajstić information content (AvgIpc) is 2.37. The molecular weight excluding hydrogens is 244 g/mol. The van der Waals surface area contributed by atoms with Gasteiger partial charge >= 0.3 is 0 Å². The van der Waals surface area contributed by atoms with Gasteiger partial charge in [-0.3, -0.25) is 0 Å². The van der Waals surface area contributed by atoms with Crippen LogP contribution < -0.4 is 4.90 Å². The van der Waals surface area contributed by atoms with E-state index in [0.29, 0.717) is 5.69 Å². The van der Waals surface area contributed by atoms with Crippen molar-refractivity contribution in [1.82, 2.24) is 0 Å². The van der Waals surface area contributed by atoms with Gasteiger partial charge in [-0.2, -0.15) is 0 Å². The molecule has 3 N–H and O–H groups in total. The molecule has 1 aromatic rings. The quantitative estimate of drug-likeness (QED) is 0.667. The van der Waals surface area contributed by atoms with Gasteiger partial charge in [-0.1, -0.05) is 18.2 Å². The molecule has 1 rings (SSSR count). The fraction of sp³-hybridized carbons (Fsp3) is 0.500. The summed E-state index contributed by atoms with van der Waals surface area (Å²) in [5.41, 5.74) is 0.530. The van der Waals surface area contributed by atoms with Gasteiger partial charge in [-0.25, -0.2) is 8.78 Å². The van der Waals surface area contributed by atoms with Crippen LogP contribution in [0.2, 0.25) is 0 Å². The predicted molar refractivity (Wildman–Crippen MR) is 63.8 cm³/mol. The van der Waals surface area contributed by atoms with Gasteiger partial charge < -0.3 is 20.2 Å². The van der Waals surface area contributed by atoms with Gasteiger partial charge in [0.2, 0.25) is 0 Å². The third-order valence-corrected chi connectivity index (χ3v) is 2.52. The van der Waals surface area contributed by atoms with E-state index in [4.69, 9.17) is 5.11 Å². The highest BCUT2D eigenvalue weighted by atomic mass is 19.3. The number of rotatable bonds is 7. The molecule has 18 heavy (non-hydrogen) atoms. The Hall–Kier alpha value is -1.24. The van der Waals surface area contributed by atoms with Gasteiger partial charge in [-0.15, -0.1) is 0 Å². The van der Waals surface area contributed by atoms with Crippen LogP contribution in [0, 0.1) is 0 Å². The summed E-state index contributed by atoms with van der Waals surface area (Å²) in [7, 11) is 0.